The van der Waals surface area contributed by atoms with Gasteiger partial charge in [-0.25, -0.2) is 0 Å². The van der Waals surface area contributed by atoms with Crippen LogP contribution in [0.2, 0.25) is 0 Å². The van der Waals surface area contributed by atoms with E-state index in [2.05, 4.69) is 10.2 Å². The van der Waals surface area contributed by atoms with E-state index in [1.165, 1.54) is 18.9 Å². The number of benzene rings is 1. The molecule has 2 aromatic rings. The number of hydrogen-bond acceptors (Lipinski definition) is 4. The Morgan fingerprint density at radius 1 is 1.57 bits per heavy atom. The molecule has 1 saturated carbocycles. The van der Waals surface area contributed by atoms with Crippen LogP contribution in [0.15, 0.2) is 24.3 Å². The SMILES string of the molecule is Cn1c(C(CC2CC2)c2cccc([N+](=O)[O-])c2)n[nH]c1=S. The van der Waals surface area contributed by atoms with Gasteiger partial charge in [-0.15, -0.1) is 0 Å². The highest BCUT2D eigenvalue weighted by Gasteiger charge is 2.30. The van der Waals surface area contributed by atoms with E-state index in [1.807, 2.05) is 17.7 Å². The number of aromatic nitrogens is 3. The average molecular weight is 304 g/mol. The lowest BCUT2D eigenvalue weighted by Crippen LogP contribution is -2.09. The van der Waals surface area contributed by atoms with Gasteiger partial charge >= 0.3 is 0 Å². The Kier molecular flexibility index (Phi) is 3.59. The molecule has 1 aromatic heterocycles. The maximum Gasteiger partial charge on any atom is 0.269 e. The minimum atomic E-state index is -0.360. The highest BCUT2D eigenvalue weighted by atomic mass is 32.1. The molecule has 1 aliphatic carbocycles. The van der Waals surface area contributed by atoms with E-state index in [9.17, 15) is 10.1 Å². The van der Waals surface area contributed by atoms with E-state index in [4.69, 9.17) is 12.2 Å². The average Bonchev–Trinajstić information content (AvgIpc) is 3.24. The summed E-state index contributed by atoms with van der Waals surface area (Å²) in [5.74, 6) is 1.56. The Hall–Kier alpha value is -2.02. The molecule has 0 amide bonds. The molecule has 1 heterocycles. The summed E-state index contributed by atoms with van der Waals surface area (Å²) >= 11 is 5.18. The quantitative estimate of drug-likeness (QED) is 0.522. The van der Waals surface area contributed by atoms with Gasteiger partial charge in [-0.05, 0) is 30.1 Å². The first kappa shape index (κ1) is 13.9. The second-order valence-corrected chi connectivity index (χ2v) is 5.92. The minimum absolute atomic E-state index is 0.0374. The van der Waals surface area contributed by atoms with Gasteiger partial charge in [0.1, 0.15) is 5.82 Å². The van der Waals surface area contributed by atoms with Crippen molar-refractivity contribution in [2.75, 3.05) is 0 Å². The van der Waals surface area contributed by atoms with E-state index >= 15 is 0 Å². The van der Waals surface area contributed by atoms with E-state index in [0.717, 1.165) is 17.8 Å². The number of nitro benzene ring substituents is 1. The first-order chi connectivity index (χ1) is 10.1. The second kappa shape index (κ2) is 5.40. The zero-order chi connectivity index (χ0) is 15.0. The summed E-state index contributed by atoms with van der Waals surface area (Å²) in [5, 5.41) is 18.1. The topological polar surface area (TPSA) is 76.8 Å². The fourth-order valence-electron chi connectivity index (χ4n) is 2.60. The molecule has 0 bridgehead atoms. The molecular weight excluding hydrogens is 288 g/mol. The first-order valence-corrected chi connectivity index (χ1v) is 7.32. The Balaban J connectivity index is 2.02. The van der Waals surface area contributed by atoms with Crippen molar-refractivity contribution in [2.45, 2.75) is 25.2 Å². The summed E-state index contributed by atoms with van der Waals surface area (Å²) in [4.78, 5) is 10.6. The molecule has 21 heavy (non-hydrogen) atoms. The monoisotopic (exact) mass is 304 g/mol. The van der Waals surface area contributed by atoms with Crippen molar-refractivity contribution in [3.8, 4) is 0 Å². The van der Waals surface area contributed by atoms with Crippen LogP contribution in [0.5, 0.6) is 0 Å². The molecule has 1 fully saturated rings. The number of non-ortho nitro benzene ring substituents is 1. The molecule has 7 heteroatoms. The van der Waals surface area contributed by atoms with Crippen molar-refractivity contribution >= 4 is 17.9 Å². The fraction of sp³-hybridized carbons (Fsp3) is 0.429. The molecule has 0 spiro atoms. The summed E-state index contributed by atoms with van der Waals surface area (Å²) < 4.78 is 2.41. The van der Waals surface area contributed by atoms with Crippen LogP contribution in [-0.2, 0) is 7.05 Å². The van der Waals surface area contributed by atoms with Crippen molar-refractivity contribution in [2.24, 2.45) is 13.0 Å². The number of hydrogen-bond donors (Lipinski definition) is 1. The number of nitro groups is 1. The van der Waals surface area contributed by atoms with Crippen LogP contribution in [0.1, 0.15) is 36.6 Å². The molecule has 6 nitrogen and oxygen atoms in total. The molecule has 0 aliphatic heterocycles. The predicted octanol–water partition coefficient (Wildman–Crippen LogP) is 3.32. The van der Waals surface area contributed by atoms with Crippen LogP contribution < -0.4 is 0 Å². The van der Waals surface area contributed by atoms with Gasteiger partial charge in [0, 0.05) is 25.1 Å². The number of nitrogens with one attached hydrogen (secondary N) is 1. The van der Waals surface area contributed by atoms with Crippen LogP contribution in [0.3, 0.4) is 0 Å². The Morgan fingerprint density at radius 2 is 2.33 bits per heavy atom. The van der Waals surface area contributed by atoms with Gasteiger partial charge in [0.15, 0.2) is 4.77 Å². The molecule has 0 saturated heterocycles. The second-order valence-electron chi connectivity index (χ2n) is 5.53. The Bertz CT molecular complexity index is 733. The van der Waals surface area contributed by atoms with E-state index < -0.39 is 0 Å². The van der Waals surface area contributed by atoms with E-state index in [1.54, 1.807) is 12.1 Å². The minimum Gasteiger partial charge on any atom is -0.307 e. The molecule has 1 aliphatic rings. The van der Waals surface area contributed by atoms with Crippen LogP contribution in [0.4, 0.5) is 5.69 Å². The molecule has 1 atom stereocenters. The lowest BCUT2D eigenvalue weighted by Gasteiger charge is -2.16. The maximum atomic E-state index is 11.0. The van der Waals surface area contributed by atoms with Crippen molar-refractivity contribution in [3.05, 3.63) is 50.5 Å². The number of H-pyrrole nitrogens is 1. The van der Waals surface area contributed by atoms with Crippen molar-refractivity contribution < 1.29 is 4.92 Å². The lowest BCUT2D eigenvalue weighted by atomic mass is 9.92. The number of rotatable bonds is 5. The Morgan fingerprint density at radius 3 is 2.90 bits per heavy atom. The van der Waals surface area contributed by atoms with Crippen LogP contribution >= 0.6 is 12.2 Å². The van der Waals surface area contributed by atoms with Gasteiger partial charge in [0.2, 0.25) is 0 Å². The Labute approximate surface area is 127 Å². The molecule has 1 aromatic carbocycles. The summed E-state index contributed by atoms with van der Waals surface area (Å²) in [6.45, 7) is 0. The molecule has 1 N–H and O–H groups in total. The maximum absolute atomic E-state index is 11.0. The summed E-state index contributed by atoms with van der Waals surface area (Å²) in [6, 6.07) is 6.82. The molecule has 3 rings (SSSR count). The number of nitrogens with zero attached hydrogens (tertiary/aromatic N) is 3. The summed E-state index contributed by atoms with van der Waals surface area (Å²) in [7, 11) is 1.87. The number of aromatic amines is 1. The lowest BCUT2D eigenvalue weighted by molar-refractivity contribution is -0.384. The van der Waals surface area contributed by atoms with E-state index in [0.29, 0.717) is 10.7 Å². The van der Waals surface area contributed by atoms with Gasteiger partial charge in [-0.3, -0.25) is 15.2 Å². The first-order valence-electron chi connectivity index (χ1n) is 6.92. The van der Waals surface area contributed by atoms with Gasteiger partial charge < -0.3 is 4.57 Å². The van der Waals surface area contributed by atoms with Crippen LogP contribution in [0.25, 0.3) is 0 Å². The smallest absolute Gasteiger partial charge is 0.269 e. The normalized spacial score (nSPS) is 15.9. The third-order valence-electron chi connectivity index (χ3n) is 3.98. The predicted molar refractivity (Wildman–Crippen MR) is 80.7 cm³/mol. The standard InChI is InChI=1S/C14H16N4O2S/c1-17-13(15-16-14(17)21)12(7-9-5-6-9)10-3-2-4-11(8-10)18(19)20/h2-4,8-9,12H,5-7H2,1H3,(H,16,21). The highest BCUT2D eigenvalue weighted by Crippen LogP contribution is 2.41. The van der Waals surface area contributed by atoms with Crippen molar-refractivity contribution in [1.29, 1.82) is 0 Å². The third kappa shape index (κ3) is 2.87. The van der Waals surface area contributed by atoms with Crippen molar-refractivity contribution in [1.82, 2.24) is 14.8 Å². The van der Waals surface area contributed by atoms with Gasteiger partial charge in [-0.2, -0.15) is 5.10 Å². The van der Waals surface area contributed by atoms with E-state index in [-0.39, 0.29) is 16.5 Å². The third-order valence-corrected chi connectivity index (χ3v) is 4.34. The van der Waals surface area contributed by atoms with Crippen LogP contribution in [0, 0.1) is 20.8 Å². The van der Waals surface area contributed by atoms with Gasteiger partial charge in [-0.1, -0.05) is 25.0 Å². The van der Waals surface area contributed by atoms with Gasteiger partial charge in [0.05, 0.1) is 4.92 Å². The fourth-order valence-corrected chi connectivity index (χ4v) is 2.74. The highest BCUT2D eigenvalue weighted by molar-refractivity contribution is 7.71. The molecule has 0 radical (unpaired) electrons. The van der Waals surface area contributed by atoms with Crippen LogP contribution in [-0.4, -0.2) is 19.7 Å². The summed E-state index contributed by atoms with van der Waals surface area (Å²) in [6.07, 6.45) is 3.40. The zero-order valence-corrected chi connectivity index (χ0v) is 12.5. The largest absolute Gasteiger partial charge is 0.307 e. The van der Waals surface area contributed by atoms with Crippen molar-refractivity contribution in [3.63, 3.8) is 0 Å². The van der Waals surface area contributed by atoms with Gasteiger partial charge in [0.25, 0.3) is 5.69 Å². The zero-order valence-electron chi connectivity index (χ0n) is 11.7. The summed E-state index contributed by atoms with van der Waals surface area (Å²) in [5.41, 5.74) is 1.04. The molecule has 110 valence electrons. The molecular formula is C14H16N4O2S. The molecule has 1 unspecified atom stereocenters.